The van der Waals surface area contributed by atoms with Crippen LogP contribution >= 0.6 is 0 Å². The molecule has 0 fully saturated rings. The molecule has 0 atom stereocenters. The maximum Gasteiger partial charge on any atom is 0.327 e. The van der Waals surface area contributed by atoms with Crippen molar-refractivity contribution in [3.8, 4) is 0 Å². The van der Waals surface area contributed by atoms with E-state index in [4.69, 9.17) is 5.73 Å². The number of imidazole rings is 1. The van der Waals surface area contributed by atoms with Crippen LogP contribution in [0, 0.1) is 0 Å². The first kappa shape index (κ1) is 9.04. The van der Waals surface area contributed by atoms with Crippen molar-refractivity contribution in [1.82, 2.24) is 15.3 Å². The Morgan fingerprint density at radius 2 is 2.54 bits per heavy atom. The largest absolute Gasteiger partial charge is 0.370 e. The molecule has 13 heavy (non-hydrogen) atoms. The average Bonchev–Trinajstić information content (AvgIpc) is 2.56. The Hall–Kier alpha value is -2.05. The van der Waals surface area contributed by atoms with Gasteiger partial charge in [-0.15, -0.1) is 0 Å². The third-order valence-electron chi connectivity index (χ3n) is 1.23. The average molecular weight is 182 g/mol. The summed E-state index contributed by atoms with van der Waals surface area (Å²) in [6.45, 7) is 0. The monoisotopic (exact) mass is 182 g/mol. The first-order valence-corrected chi connectivity index (χ1v) is 3.51. The summed E-state index contributed by atoms with van der Waals surface area (Å²) >= 11 is 0. The molecular formula is C6H10N6O. The molecule has 1 rings (SSSR count). The first-order chi connectivity index (χ1) is 6.22. The molecule has 2 amide bonds. The van der Waals surface area contributed by atoms with Gasteiger partial charge in [0.05, 0.1) is 12.5 Å². The van der Waals surface area contributed by atoms with Crippen LogP contribution in [-0.4, -0.2) is 29.0 Å². The van der Waals surface area contributed by atoms with Gasteiger partial charge in [-0.3, -0.25) is 15.6 Å². The quantitative estimate of drug-likeness (QED) is 0.346. The summed E-state index contributed by atoms with van der Waals surface area (Å²) in [6.07, 6.45) is 2.92. The Bertz CT molecular complexity index is 303. The second-order valence-electron chi connectivity index (χ2n) is 2.15. The molecule has 0 aliphatic heterocycles. The predicted octanol–water partition coefficient (Wildman–Crippen LogP) is -0.524. The molecule has 70 valence electrons. The van der Waals surface area contributed by atoms with Crippen LogP contribution in [0.15, 0.2) is 17.5 Å². The van der Waals surface area contributed by atoms with Crippen molar-refractivity contribution in [2.45, 2.75) is 0 Å². The lowest BCUT2D eigenvalue weighted by Gasteiger charge is -2.03. The molecular weight excluding hydrogens is 172 g/mol. The minimum atomic E-state index is -0.465. The number of aliphatic imine (C=N–C) groups is 1. The van der Waals surface area contributed by atoms with E-state index in [1.807, 2.05) is 0 Å². The number of anilines is 1. The molecule has 0 unspecified atom stereocenters. The lowest BCUT2D eigenvalue weighted by molar-refractivity contribution is 0.256. The number of nitrogens with one attached hydrogen (secondary N) is 3. The Morgan fingerprint density at radius 1 is 1.77 bits per heavy atom. The van der Waals surface area contributed by atoms with Gasteiger partial charge in [0.2, 0.25) is 0 Å². The van der Waals surface area contributed by atoms with E-state index in [1.165, 1.54) is 19.6 Å². The number of guanidine groups is 1. The summed E-state index contributed by atoms with van der Waals surface area (Å²) in [6, 6.07) is -0.465. The minimum absolute atomic E-state index is 0.0528. The SMILES string of the molecule is CN=C(N)NC(=O)Nc1cnc[nH]1. The van der Waals surface area contributed by atoms with Crippen LogP contribution < -0.4 is 16.4 Å². The number of aromatic nitrogens is 2. The van der Waals surface area contributed by atoms with Crippen molar-refractivity contribution in [2.75, 3.05) is 12.4 Å². The lowest BCUT2D eigenvalue weighted by atomic mass is 10.7. The lowest BCUT2D eigenvalue weighted by Crippen LogP contribution is -2.39. The van der Waals surface area contributed by atoms with Gasteiger partial charge in [0.15, 0.2) is 5.96 Å². The van der Waals surface area contributed by atoms with Crippen molar-refractivity contribution < 1.29 is 4.79 Å². The van der Waals surface area contributed by atoms with Crippen LogP contribution in [0.3, 0.4) is 0 Å². The number of hydrogen-bond donors (Lipinski definition) is 4. The molecule has 0 aromatic carbocycles. The molecule has 5 N–H and O–H groups in total. The Kier molecular flexibility index (Phi) is 2.85. The first-order valence-electron chi connectivity index (χ1n) is 3.51. The topological polar surface area (TPSA) is 108 Å². The molecule has 0 saturated carbocycles. The van der Waals surface area contributed by atoms with Gasteiger partial charge in [0, 0.05) is 7.05 Å². The minimum Gasteiger partial charge on any atom is -0.370 e. The Morgan fingerprint density at radius 3 is 3.08 bits per heavy atom. The van der Waals surface area contributed by atoms with Crippen LogP contribution in [0.4, 0.5) is 10.6 Å². The van der Waals surface area contributed by atoms with E-state index in [-0.39, 0.29) is 5.96 Å². The number of hydrogen-bond acceptors (Lipinski definition) is 3. The molecule has 7 heteroatoms. The fourth-order valence-electron chi connectivity index (χ4n) is 0.650. The van der Waals surface area contributed by atoms with E-state index in [0.717, 1.165) is 0 Å². The molecule has 0 aliphatic carbocycles. The highest BCUT2D eigenvalue weighted by atomic mass is 16.2. The van der Waals surface area contributed by atoms with Crippen LogP contribution in [0.5, 0.6) is 0 Å². The second kappa shape index (κ2) is 4.10. The summed E-state index contributed by atoms with van der Waals surface area (Å²) in [5.74, 6) is 0.540. The molecule has 1 aromatic heterocycles. The fraction of sp³-hybridized carbons (Fsp3) is 0.167. The number of aromatic amines is 1. The zero-order chi connectivity index (χ0) is 9.68. The highest BCUT2D eigenvalue weighted by Crippen LogP contribution is 1.96. The van der Waals surface area contributed by atoms with Crippen LogP contribution in [0.25, 0.3) is 0 Å². The summed E-state index contributed by atoms with van der Waals surface area (Å²) < 4.78 is 0. The van der Waals surface area contributed by atoms with E-state index in [9.17, 15) is 4.79 Å². The van der Waals surface area contributed by atoms with Gasteiger partial charge in [0.25, 0.3) is 0 Å². The third kappa shape index (κ3) is 2.81. The highest BCUT2D eigenvalue weighted by Gasteiger charge is 2.02. The van der Waals surface area contributed by atoms with Gasteiger partial charge in [-0.25, -0.2) is 9.78 Å². The summed E-state index contributed by atoms with van der Waals surface area (Å²) in [4.78, 5) is 21.0. The number of carbonyl (C=O) groups is 1. The van der Waals surface area contributed by atoms with Gasteiger partial charge in [-0.2, -0.15) is 0 Å². The maximum atomic E-state index is 11.0. The van der Waals surface area contributed by atoms with Crippen LogP contribution in [-0.2, 0) is 0 Å². The van der Waals surface area contributed by atoms with Crippen molar-refractivity contribution in [3.63, 3.8) is 0 Å². The van der Waals surface area contributed by atoms with E-state index in [2.05, 4.69) is 25.6 Å². The fourth-order valence-corrected chi connectivity index (χ4v) is 0.650. The van der Waals surface area contributed by atoms with Gasteiger partial charge >= 0.3 is 6.03 Å². The maximum absolute atomic E-state index is 11.0. The molecule has 1 heterocycles. The van der Waals surface area contributed by atoms with Gasteiger partial charge in [-0.1, -0.05) is 0 Å². The zero-order valence-electron chi connectivity index (χ0n) is 7.03. The van der Waals surface area contributed by atoms with E-state index in [1.54, 1.807) is 0 Å². The number of H-pyrrole nitrogens is 1. The summed E-state index contributed by atoms with van der Waals surface area (Å²) in [5.41, 5.74) is 5.26. The molecule has 0 bridgehead atoms. The number of rotatable bonds is 1. The third-order valence-corrected chi connectivity index (χ3v) is 1.23. The number of nitrogens with two attached hydrogens (primary N) is 1. The number of amides is 2. The van der Waals surface area contributed by atoms with Crippen molar-refractivity contribution >= 4 is 17.8 Å². The normalized spacial score (nSPS) is 11.0. The van der Waals surface area contributed by atoms with Crippen molar-refractivity contribution in [3.05, 3.63) is 12.5 Å². The second-order valence-corrected chi connectivity index (χ2v) is 2.15. The van der Waals surface area contributed by atoms with Gasteiger partial charge in [0.1, 0.15) is 5.82 Å². The molecule has 0 radical (unpaired) electrons. The van der Waals surface area contributed by atoms with E-state index in [0.29, 0.717) is 5.82 Å². The highest BCUT2D eigenvalue weighted by molar-refractivity contribution is 6.01. The van der Waals surface area contributed by atoms with E-state index < -0.39 is 6.03 Å². The predicted molar refractivity (Wildman–Crippen MR) is 48.3 cm³/mol. The van der Waals surface area contributed by atoms with Crippen molar-refractivity contribution in [2.24, 2.45) is 10.7 Å². The smallest absolute Gasteiger partial charge is 0.327 e. The summed E-state index contributed by atoms with van der Waals surface area (Å²) in [5, 5.41) is 4.76. The Balaban J connectivity index is 2.43. The molecule has 1 aromatic rings. The molecule has 0 saturated heterocycles. The van der Waals surface area contributed by atoms with Crippen molar-refractivity contribution in [1.29, 1.82) is 0 Å². The molecule has 7 nitrogen and oxygen atoms in total. The van der Waals surface area contributed by atoms with Crippen LogP contribution in [0.1, 0.15) is 0 Å². The molecule has 0 aliphatic rings. The van der Waals surface area contributed by atoms with Gasteiger partial charge in [-0.05, 0) is 0 Å². The standard InChI is InChI=1S/C6H10N6O/c1-8-5(7)12-6(13)11-4-2-9-3-10-4/h2-3H,1H3,(H,9,10)(H4,7,8,11,12,13). The number of nitrogens with zero attached hydrogens (tertiary/aromatic N) is 2. The van der Waals surface area contributed by atoms with Gasteiger partial charge < -0.3 is 10.7 Å². The van der Waals surface area contributed by atoms with Crippen LogP contribution in [0.2, 0.25) is 0 Å². The van der Waals surface area contributed by atoms with E-state index >= 15 is 0 Å². The summed E-state index contributed by atoms with van der Waals surface area (Å²) in [7, 11) is 1.48. The molecule has 0 spiro atoms. The number of urea groups is 1. The zero-order valence-corrected chi connectivity index (χ0v) is 7.03. The number of carbonyl (C=O) groups excluding carboxylic acids is 1. The Labute approximate surface area is 74.5 Å².